The third kappa shape index (κ3) is 4.52. The number of rotatable bonds is 6. The van der Waals surface area contributed by atoms with Gasteiger partial charge in [-0.25, -0.2) is 0 Å². The number of ether oxygens (including phenoxy) is 1. The zero-order valence-electron chi connectivity index (χ0n) is 13.6. The van der Waals surface area contributed by atoms with Crippen LogP contribution in [0.5, 0.6) is 11.5 Å². The number of hydrogen-bond donors (Lipinski definition) is 0. The summed E-state index contributed by atoms with van der Waals surface area (Å²) in [5.74, 6) is 0.431. The summed E-state index contributed by atoms with van der Waals surface area (Å²) in [6.07, 6.45) is 0. The topological polar surface area (TPSA) is 91.5 Å². The van der Waals surface area contributed by atoms with Crippen molar-refractivity contribution in [2.24, 2.45) is 0 Å². The second kappa shape index (κ2) is 7.49. The maximum atomic E-state index is 12.3. The Morgan fingerprint density at radius 2 is 1.85 bits per heavy atom. The fourth-order valence-electron chi connectivity index (χ4n) is 2.08. The minimum absolute atomic E-state index is 0.0306. The number of hydrogen-bond acceptors (Lipinski definition) is 7. The Morgan fingerprint density at radius 1 is 1.15 bits per heavy atom. The van der Waals surface area contributed by atoms with Crippen LogP contribution in [0.2, 0.25) is 5.02 Å². The molecular weight excluding hydrogens is 406 g/mol. The molecule has 11 heteroatoms. The molecule has 0 fully saturated rings. The third-order valence-electron chi connectivity index (χ3n) is 3.25. The van der Waals surface area contributed by atoms with E-state index in [1.165, 1.54) is 12.1 Å². The highest BCUT2D eigenvalue weighted by atomic mass is 35.5. The third-order valence-corrected chi connectivity index (χ3v) is 4.79. The molecule has 1 aromatic heterocycles. The fraction of sp³-hybridized carbons (Fsp3) is 0.125. The van der Waals surface area contributed by atoms with Gasteiger partial charge in [0.2, 0.25) is 11.7 Å². The molecule has 0 bridgehead atoms. The molecule has 0 atom stereocenters. The normalized spacial score (nSPS) is 11.6. The van der Waals surface area contributed by atoms with Crippen LogP contribution in [0.1, 0.15) is 5.89 Å². The van der Waals surface area contributed by atoms with Gasteiger partial charge < -0.3 is 13.4 Å². The number of aromatic nitrogens is 2. The molecule has 0 aliphatic heterocycles. The maximum absolute atomic E-state index is 12.3. The Morgan fingerprint density at radius 3 is 2.41 bits per heavy atom. The van der Waals surface area contributed by atoms with E-state index in [1.807, 2.05) is 0 Å². The standard InChI is InChI=1S/C16H11ClF2N2O5S/c1-9-20-15(21-25-9)10-2-4-11(5-3-10)26-27(22,23)12-6-7-14(13(17)8-12)24-16(18)19/h2-8,16H,1H3. The molecule has 1 heterocycles. The highest BCUT2D eigenvalue weighted by Gasteiger charge is 2.20. The van der Waals surface area contributed by atoms with E-state index in [0.717, 1.165) is 18.2 Å². The quantitative estimate of drug-likeness (QED) is 0.559. The van der Waals surface area contributed by atoms with Gasteiger partial charge in [0, 0.05) is 12.5 Å². The summed E-state index contributed by atoms with van der Waals surface area (Å²) in [7, 11) is -4.23. The summed E-state index contributed by atoms with van der Waals surface area (Å²) in [5.41, 5.74) is 0.605. The second-order valence-corrected chi connectivity index (χ2v) is 7.12. The molecule has 7 nitrogen and oxygen atoms in total. The molecule has 0 saturated heterocycles. The Bertz CT molecular complexity index is 1050. The molecule has 0 N–H and O–H groups in total. The van der Waals surface area contributed by atoms with Crippen LogP contribution in [-0.4, -0.2) is 25.2 Å². The summed E-state index contributed by atoms with van der Waals surface area (Å²) >= 11 is 5.77. The van der Waals surface area contributed by atoms with Gasteiger partial charge >= 0.3 is 16.7 Å². The van der Waals surface area contributed by atoms with Crippen molar-refractivity contribution in [3.8, 4) is 22.9 Å². The van der Waals surface area contributed by atoms with Crippen molar-refractivity contribution >= 4 is 21.7 Å². The van der Waals surface area contributed by atoms with Crippen LogP contribution in [0.25, 0.3) is 11.4 Å². The Labute approximate surface area is 157 Å². The molecule has 0 unspecified atom stereocenters. The molecular formula is C16H11ClF2N2O5S. The van der Waals surface area contributed by atoms with Crippen molar-refractivity contribution in [3.63, 3.8) is 0 Å². The summed E-state index contributed by atoms with van der Waals surface area (Å²) in [4.78, 5) is 3.74. The molecule has 3 aromatic rings. The van der Waals surface area contributed by atoms with Gasteiger partial charge in [0.15, 0.2) is 0 Å². The van der Waals surface area contributed by atoms with Gasteiger partial charge in [-0.1, -0.05) is 16.8 Å². The van der Waals surface area contributed by atoms with Crippen LogP contribution in [0.3, 0.4) is 0 Å². The molecule has 142 valence electrons. The van der Waals surface area contributed by atoms with Gasteiger partial charge in [0.1, 0.15) is 16.4 Å². The SMILES string of the molecule is Cc1nc(-c2ccc(OS(=O)(=O)c3ccc(OC(F)F)c(Cl)c3)cc2)no1. The first-order valence-electron chi connectivity index (χ1n) is 7.34. The highest BCUT2D eigenvalue weighted by Crippen LogP contribution is 2.30. The van der Waals surface area contributed by atoms with Crippen molar-refractivity contribution in [1.29, 1.82) is 0 Å². The van der Waals surface area contributed by atoms with E-state index in [0.29, 0.717) is 17.3 Å². The van der Waals surface area contributed by atoms with E-state index in [-0.39, 0.29) is 21.4 Å². The molecule has 3 rings (SSSR count). The molecule has 0 saturated carbocycles. The monoisotopic (exact) mass is 416 g/mol. The number of alkyl halides is 2. The van der Waals surface area contributed by atoms with Gasteiger partial charge in [0.25, 0.3) is 0 Å². The molecule has 2 aromatic carbocycles. The van der Waals surface area contributed by atoms with Gasteiger partial charge in [-0.3, -0.25) is 0 Å². The number of halogens is 3. The van der Waals surface area contributed by atoms with Crippen molar-refractivity contribution in [1.82, 2.24) is 10.1 Å². The predicted molar refractivity (Wildman–Crippen MR) is 90.4 cm³/mol. The summed E-state index contributed by atoms with van der Waals surface area (Å²) < 4.78 is 63.2. The van der Waals surface area contributed by atoms with Crippen molar-refractivity contribution in [2.45, 2.75) is 18.4 Å². The van der Waals surface area contributed by atoms with Crippen LogP contribution in [0.15, 0.2) is 51.9 Å². The van der Waals surface area contributed by atoms with Crippen molar-refractivity contribution in [2.75, 3.05) is 0 Å². The smallest absolute Gasteiger partial charge is 0.387 e. The van der Waals surface area contributed by atoms with E-state index in [4.69, 9.17) is 20.3 Å². The Hall–Kier alpha value is -2.72. The second-order valence-electron chi connectivity index (χ2n) is 5.17. The molecule has 27 heavy (non-hydrogen) atoms. The van der Waals surface area contributed by atoms with Gasteiger partial charge in [-0.05, 0) is 42.5 Å². The molecule has 0 aliphatic carbocycles. The molecule has 0 radical (unpaired) electrons. The minimum atomic E-state index is -4.23. The predicted octanol–water partition coefficient (Wildman–Crippen LogP) is 4.07. The van der Waals surface area contributed by atoms with Crippen molar-refractivity contribution in [3.05, 3.63) is 53.4 Å². The lowest BCUT2D eigenvalue weighted by Gasteiger charge is -2.10. The lowest BCUT2D eigenvalue weighted by molar-refractivity contribution is -0.0498. The molecule has 0 spiro atoms. The molecule has 0 amide bonds. The summed E-state index contributed by atoms with van der Waals surface area (Å²) in [6, 6.07) is 8.97. The first kappa shape index (κ1) is 19.1. The molecule has 0 aliphatic rings. The first-order valence-corrected chi connectivity index (χ1v) is 9.13. The number of aryl methyl sites for hydroxylation is 1. The number of nitrogens with zero attached hydrogens (tertiary/aromatic N) is 2. The van der Waals surface area contributed by atoms with Crippen LogP contribution in [0.4, 0.5) is 8.78 Å². The lowest BCUT2D eigenvalue weighted by atomic mass is 10.2. The zero-order chi connectivity index (χ0) is 19.6. The van der Waals surface area contributed by atoms with E-state index in [1.54, 1.807) is 19.1 Å². The van der Waals surface area contributed by atoms with Crippen LogP contribution in [-0.2, 0) is 10.1 Å². The van der Waals surface area contributed by atoms with Crippen molar-refractivity contribution < 1.29 is 30.6 Å². The summed E-state index contributed by atoms with van der Waals surface area (Å²) in [5, 5.41) is 3.46. The maximum Gasteiger partial charge on any atom is 0.387 e. The Balaban J connectivity index is 1.79. The number of benzene rings is 2. The van der Waals surface area contributed by atoms with Crippen LogP contribution >= 0.6 is 11.6 Å². The van der Waals surface area contributed by atoms with Crippen LogP contribution < -0.4 is 8.92 Å². The van der Waals surface area contributed by atoms with E-state index in [2.05, 4.69) is 14.9 Å². The minimum Gasteiger partial charge on any atom is -0.433 e. The van der Waals surface area contributed by atoms with E-state index >= 15 is 0 Å². The van der Waals surface area contributed by atoms with Gasteiger partial charge in [-0.2, -0.15) is 22.2 Å². The van der Waals surface area contributed by atoms with E-state index < -0.39 is 16.7 Å². The Kier molecular flexibility index (Phi) is 5.29. The average molecular weight is 417 g/mol. The fourth-order valence-corrected chi connectivity index (χ4v) is 3.33. The zero-order valence-corrected chi connectivity index (χ0v) is 15.2. The van der Waals surface area contributed by atoms with Gasteiger partial charge in [-0.15, -0.1) is 0 Å². The van der Waals surface area contributed by atoms with Gasteiger partial charge in [0.05, 0.1) is 5.02 Å². The van der Waals surface area contributed by atoms with E-state index in [9.17, 15) is 17.2 Å². The summed E-state index contributed by atoms with van der Waals surface area (Å²) in [6.45, 7) is -1.44. The first-order chi connectivity index (χ1) is 12.7. The average Bonchev–Trinajstić information content (AvgIpc) is 3.03. The van der Waals surface area contributed by atoms with Crippen LogP contribution in [0, 0.1) is 6.92 Å². The largest absolute Gasteiger partial charge is 0.433 e. The lowest BCUT2D eigenvalue weighted by Crippen LogP contribution is -2.10. The highest BCUT2D eigenvalue weighted by molar-refractivity contribution is 7.87.